The van der Waals surface area contributed by atoms with Crippen LogP contribution in [0, 0.1) is 5.82 Å². The SMILES string of the molecule is O=S(=O)(Nc1ccc(-n2cnnn2)cc1)c1cccc(F)c1. The maximum absolute atomic E-state index is 13.1. The van der Waals surface area contributed by atoms with Gasteiger partial charge in [-0.3, -0.25) is 4.72 Å². The van der Waals surface area contributed by atoms with E-state index in [0.29, 0.717) is 11.4 Å². The van der Waals surface area contributed by atoms with Gasteiger partial charge in [0.05, 0.1) is 10.6 Å². The molecule has 3 rings (SSSR count). The second-order valence-corrected chi connectivity index (χ2v) is 6.05. The van der Waals surface area contributed by atoms with Crippen LogP contribution >= 0.6 is 0 Å². The molecule has 9 heteroatoms. The summed E-state index contributed by atoms with van der Waals surface area (Å²) in [6.07, 6.45) is 1.42. The van der Waals surface area contributed by atoms with Crippen molar-refractivity contribution >= 4 is 15.7 Å². The molecule has 0 aliphatic rings. The van der Waals surface area contributed by atoms with Crippen molar-refractivity contribution in [2.45, 2.75) is 4.90 Å². The average Bonchev–Trinajstić information content (AvgIpc) is 3.02. The van der Waals surface area contributed by atoms with Gasteiger partial charge in [0.25, 0.3) is 10.0 Å². The minimum absolute atomic E-state index is 0.142. The zero-order valence-corrected chi connectivity index (χ0v) is 11.9. The van der Waals surface area contributed by atoms with E-state index < -0.39 is 15.8 Å². The largest absolute Gasteiger partial charge is 0.280 e. The first-order valence-electron chi connectivity index (χ1n) is 6.16. The molecule has 0 saturated heterocycles. The molecular weight excluding hydrogens is 309 g/mol. The van der Waals surface area contributed by atoms with E-state index in [1.165, 1.54) is 29.2 Å². The molecule has 0 unspecified atom stereocenters. The third-order valence-corrected chi connectivity index (χ3v) is 4.22. The standard InChI is InChI=1S/C13H10FN5O2S/c14-10-2-1-3-13(8-10)22(20,21)16-11-4-6-12(7-5-11)19-9-15-17-18-19/h1-9,16H. The lowest BCUT2D eigenvalue weighted by atomic mass is 10.3. The summed E-state index contributed by atoms with van der Waals surface area (Å²) in [5.74, 6) is -0.614. The lowest BCUT2D eigenvalue weighted by Gasteiger charge is -2.08. The summed E-state index contributed by atoms with van der Waals surface area (Å²) in [5, 5.41) is 10.8. The van der Waals surface area contributed by atoms with E-state index in [1.54, 1.807) is 24.3 Å². The van der Waals surface area contributed by atoms with Crippen LogP contribution in [-0.4, -0.2) is 28.6 Å². The van der Waals surface area contributed by atoms with Gasteiger partial charge in [-0.05, 0) is 52.9 Å². The van der Waals surface area contributed by atoms with Crippen molar-refractivity contribution in [1.29, 1.82) is 0 Å². The fraction of sp³-hybridized carbons (Fsp3) is 0. The van der Waals surface area contributed by atoms with E-state index in [4.69, 9.17) is 0 Å². The Morgan fingerprint density at radius 1 is 1.09 bits per heavy atom. The summed E-state index contributed by atoms with van der Waals surface area (Å²) < 4.78 is 41.3. The Morgan fingerprint density at radius 2 is 1.86 bits per heavy atom. The Balaban J connectivity index is 1.84. The summed E-state index contributed by atoms with van der Waals surface area (Å²) in [6, 6.07) is 11.2. The van der Waals surface area contributed by atoms with E-state index in [9.17, 15) is 12.8 Å². The van der Waals surface area contributed by atoms with Crippen molar-refractivity contribution in [3.8, 4) is 5.69 Å². The maximum Gasteiger partial charge on any atom is 0.261 e. The van der Waals surface area contributed by atoms with Gasteiger partial charge in [-0.1, -0.05) is 6.07 Å². The highest BCUT2D eigenvalue weighted by Crippen LogP contribution is 2.18. The zero-order valence-electron chi connectivity index (χ0n) is 11.1. The van der Waals surface area contributed by atoms with Gasteiger partial charge in [-0.25, -0.2) is 17.5 Å². The van der Waals surface area contributed by atoms with Crippen LogP contribution in [0.5, 0.6) is 0 Å². The first-order chi connectivity index (χ1) is 10.5. The number of hydrogen-bond acceptors (Lipinski definition) is 5. The molecule has 112 valence electrons. The number of halogens is 1. The molecule has 1 aromatic heterocycles. The molecule has 0 aliphatic heterocycles. The Bertz CT molecular complexity index is 879. The monoisotopic (exact) mass is 319 g/mol. The van der Waals surface area contributed by atoms with Gasteiger partial charge in [0.2, 0.25) is 0 Å². The molecule has 0 atom stereocenters. The van der Waals surface area contributed by atoms with Crippen molar-refractivity contribution in [2.24, 2.45) is 0 Å². The number of nitrogens with one attached hydrogen (secondary N) is 1. The number of nitrogens with zero attached hydrogens (tertiary/aromatic N) is 4. The number of tetrazole rings is 1. The van der Waals surface area contributed by atoms with Crippen LogP contribution in [0.15, 0.2) is 59.8 Å². The van der Waals surface area contributed by atoms with Crippen LogP contribution in [0.2, 0.25) is 0 Å². The van der Waals surface area contributed by atoms with Gasteiger partial charge in [-0.15, -0.1) is 5.10 Å². The number of aromatic nitrogens is 4. The quantitative estimate of drug-likeness (QED) is 0.789. The Hall–Kier alpha value is -2.81. The second-order valence-electron chi connectivity index (χ2n) is 4.36. The Morgan fingerprint density at radius 3 is 2.50 bits per heavy atom. The summed E-state index contributed by atoms with van der Waals surface area (Å²) >= 11 is 0. The van der Waals surface area contributed by atoms with Crippen molar-refractivity contribution in [1.82, 2.24) is 20.2 Å². The number of hydrogen-bond donors (Lipinski definition) is 1. The zero-order chi connectivity index (χ0) is 15.6. The fourth-order valence-corrected chi connectivity index (χ4v) is 2.90. The summed E-state index contributed by atoms with van der Waals surface area (Å²) in [5.41, 5.74) is 1.03. The van der Waals surface area contributed by atoms with Crippen molar-refractivity contribution < 1.29 is 12.8 Å². The number of anilines is 1. The van der Waals surface area contributed by atoms with Crippen LogP contribution < -0.4 is 4.72 Å². The van der Waals surface area contributed by atoms with E-state index in [2.05, 4.69) is 20.2 Å². The molecule has 1 N–H and O–H groups in total. The predicted octanol–water partition coefficient (Wildman–Crippen LogP) is 1.60. The van der Waals surface area contributed by atoms with Gasteiger partial charge in [0.1, 0.15) is 12.1 Å². The Kier molecular flexibility index (Phi) is 3.55. The third-order valence-electron chi connectivity index (χ3n) is 2.84. The van der Waals surface area contributed by atoms with E-state index in [0.717, 1.165) is 6.07 Å². The highest BCUT2D eigenvalue weighted by atomic mass is 32.2. The third kappa shape index (κ3) is 2.93. The molecule has 0 radical (unpaired) electrons. The normalized spacial score (nSPS) is 11.3. The fourth-order valence-electron chi connectivity index (χ4n) is 1.81. The maximum atomic E-state index is 13.1. The van der Waals surface area contributed by atoms with E-state index in [1.807, 2.05) is 0 Å². The smallest absolute Gasteiger partial charge is 0.261 e. The van der Waals surface area contributed by atoms with Gasteiger partial charge in [0, 0.05) is 5.69 Å². The summed E-state index contributed by atoms with van der Waals surface area (Å²) in [6.45, 7) is 0. The Labute approximate surface area is 125 Å². The highest BCUT2D eigenvalue weighted by Gasteiger charge is 2.14. The molecule has 1 heterocycles. The van der Waals surface area contributed by atoms with Crippen LogP contribution in [0.4, 0.5) is 10.1 Å². The van der Waals surface area contributed by atoms with Gasteiger partial charge < -0.3 is 0 Å². The minimum Gasteiger partial charge on any atom is -0.280 e. The molecule has 0 saturated carbocycles. The second kappa shape index (κ2) is 5.53. The molecule has 22 heavy (non-hydrogen) atoms. The first-order valence-corrected chi connectivity index (χ1v) is 7.65. The van der Waals surface area contributed by atoms with Crippen LogP contribution in [0.25, 0.3) is 5.69 Å². The lowest BCUT2D eigenvalue weighted by Crippen LogP contribution is -2.13. The van der Waals surface area contributed by atoms with Crippen LogP contribution in [0.1, 0.15) is 0 Å². The van der Waals surface area contributed by atoms with Crippen molar-refractivity contribution in [3.63, 3.8) is 0 Å². The average molecular weight is 319 g/mol. The van der Waals surface area contributed by atoms with Crippen LogP contribution in [0.3, 0.4) is 0 Å². The molecule has 0 bridgehead atoms. The van der Waals surface area contributed by atoms with E-state index >= 15 is 0 Å². The topological polar surface area (TPSA) is 89.8 Å². The molecule has 0 aliphatic carbocycles. The summed E-state index contributed by atoms with van der Waals surface area (Å²) in [4.78, 5) is -0.142. The molecule has 3 aromatic rings. The number of benzene rings is 2. The summed E-state index contributed by atoms with van der Waals surface area (Å²) in [7, 11) is -3.84. The number of sulfonamides is 1. The van der Waals surface area contributed by atoms with Gasteiger partial charge in [-0.2, -0.15) is 0 Å². The predicted molar refractivity (Wildman–Crippen MR) is 76.4 cm³/mol. The highest BCUT2D eigenvalue weighted by molar-refractivity contribution is 7.92. The van der Waals surface area contributed by atoms with Crippen molar-refractivity contribution in [2.75, 3.05) is 4.72 Å². The molecule has 2 aromatic carbocycles. The molecular formula is C13H10FN5O2S. The molecule has 0 fully saturated rings. The first kappa shape index (κ1) is 14.1. The van der Waals surface area contributed by atoms with E-state index in [-0.39, 0.29) is 4.90 Å². The lowest BCUT2D eigenvalue weighted by molar-refractivity contribution is 0.595. The van der Waals surface area contributed by atoms with Gasteiger partial charge in [0.15, 0.2) is 0 Å². The molecule has 0 spiro atoms. The molecule has 7 nitrogen and oxygen atoms in total. The van der Waals surface area contributed by atoms with Crippen molar-refractivity contribution in [3.05, 3.63) is 60.7 Å². The molecule has 0 amide bonds. The minimum atomic E-state index is -3.84. The van der Waals surface area contributed by atoms with Crippen LogP contribution in [-0.2, 0) is 10.0 Å². The number of rotatable bonds is 4. The van der Waals surface area contributed by atoms with Gasteiger partial charge >= 0.3 is 0 Å².